The van der Waals surface area contributed by atoms with E-state index in [4.69, 9.17) is 5.73 Å². The van der Waals surface area contributed by atoms with Gasteiger partial charge in [0.05, 0.1) is 0 Å². The molecule has 0 spiro atoms. The fourth-order valence-corrected chi connectivity index (χ4v) is 2.51. The molecule has 1 fully saturated rings. The van der Waals surface area contributed by atoms with Gasteiger partial charge >= 0.3 is 0 Å². The first-order valence-corrected chi connectivity index (χ1v) is 7.28. The van der Waals surface area contributed by atoms with E-state index in [1.54, 1.807) is 18.1 Å². The van der Waals surface area contributed by atoms with Gasteiger partial charge in [-0.3, -0.25) is 14.4 Å². The van der Waals surface area contributed by atoms with E-state index in [0.29, 0.717) is 18.9 Å². The highest BCUT2D eigenvalue weighted by Gasteiger charge is 2.28. The second kappa shape index (κ2) is 7.24. The topological polar surface area (TPSA) is 83.7 Å². The standard InChI is InChI=1S/C15H25N3O3/c1-10(2)8-13(14(16)20)17(4)9-12-6-5-7-18(12)15(21)11(3)19/h9-10,13H,5-8H2,1-4H3,(H2,16,20)/b12-9+/t13-/m1/s1. The molecule has 21 heavy (non-hydrogen) atoms. The number of likely N-dealkylation sites (tertiary alicyclic amines) is 1. The van der Waals surface area contributed by atoms with Crippen LogP contribution in [0.5, 0.6) is 0 Å². The third kappa shape index (κ3) is 4.58. The molecule has 0 aromatic rings. The molecule has 6 nitrogen and oxygen atoms in total. The molecule has 1 aliphatic heterocycles. The zero-order valence-electron chi connectivity index (χ0n) is 13.3. The second-order valence-electron chi connectivity index (χ2n) is 5.95. The molecule has 0 bridgehead atoms. The number of nitrogens with zero attached hydrogens (tertiary/aromatic N) is 2. The van der Waals surface area contributed by atoms with Crippen molar-refractivity contribution in [1.82, 2.24) is 9.80 Å². The number of primary amides is 1. The van der Waals surface area contributed by atoms with E-state index < -0.39 is 17.7 Å². The summed E-state index contributed by atoms with van der Waals surface area (Å²) in [5.74, 6) is -1.02. The number of hydrogen-bond donors (Lipinski definition) is 1. The number of nitrogens with two attached hydrogens (primary N) is 1. The van der Waals surface area contributed by atoms with E-state index in [1.807, 2.05) is 13.8 Å². The van der Waals surface area contributed by atoms with E-state index in [9.17, 15) is 14.4 Å². The molecule has 1 rings (SSSR count). The van der Waals surface area contributed by atoms with E-state index in [-0.39, 0.29) is 5.91 Å². The first kappa shape index (κ1) is 17.2. The van der Waals surface area contributed by atoms with Gasteiger partial charge in [-0.25, -0.2) is 0 Å². The van der Waals surface area contributed by atoms with Gasteiger partial charge in [0.25, 0.3) is 5.91 Å². The van der Waals surface area contributed by atoms with Crippen LogP contribution in [0.25, 0.3) is 0 Å². The molecule has 0 aromatic heterocycles. The van der Waals surface area contributed by atoms with Gasteiger partial charge in [-0.2, -0.15) is 0 Å². The molecule has 2 N–H and O–H groups in total. The first-order chi connectivity index (χ1) is 9.73. The molecule has 1 heterocycles. The Hall–Kier alpha value is -1.85. The SMILES string of the molecule is CC(=O)C(=O)N1CCC/C1=C\N(C)[C@H](CC(C)C)C(N)=O. The van der Waals surface area contributed by atoms with E-state index in [2.05, 4.69) is 0 Å². The van der Waals surface area contributed by atoms with Crippen molar-refractivity contribution < 1.29 is 14.4 Å². The molecule has 0 unspecified atom stereocenters. The summed E-state index contributed by atoms with van der Waals surface area (Å²) in [6.45, 7) is 5.87. The Balaban J connectivity index is 2.90. The average Bonchev–Trinajstić information content (AvgIpc) is 2.82. The number of carbonyl (C=O) groups excluding carboxylic acids is 3. The van der Waals surface area contributed by atoms with Gasteiger partial charge in [-0.05, 0) is 25.2 Å². The maximum absolute atomic E-state index is 11.8. The number of allylic oxidation sites excluding steroid dienone is 1. The van der Waals surface area contributed by atoms with Crippen LogP contribution in [-0.4, -0.2) is 47.0 Å². The van der Waals surface area contributed by atoms with Gasteiger partial charge in [0.1, 0.15) is 6.04 Å². The van der Waals surface area contributed by atoms with Crippen molar-refractivity contribution in [2.24, 2.45) is 11.7 Å². The number of ketones is 1. The fraction of sp³-hybridized carbons (Fsp3) is 0.667. The van der Waals surface area contributed by atoms with Crippen LogP contribution in [0.2, 0.25) is 0 Å². The normalized spacial score (nSPS) is 18.1. The van der Waals surface area contributed by atoms with Crippen molar-refractivity contribution in [3.63, 3.8) is 0 Å². The fourth-order valence-electron chi connectivity index (χ4n) is 2.51. The number of hydrogen-bond acceptors (Lipinski definition) is 4. The summed E-state index contributed by atoms with van der Waals surface area (Å²) < 4.78 is 0. The summed E-state index contributed by atoms with van der Waals surface area (Å²) in [6.07, 6.45) is 3.96. The molecule has 1 saturated heterocycles. The van der Waals surface area contributed by atoms with Gasteiger partial charge in [-0.15, -0.1) is 0 Å². The van der Waals surface area contributed by atoms with Crippen LogP contribution in [-0.2, 0) is 14.4 Å². The Morgan fingerprint density at radius 2 is 2.00 bits per heavy atom. The third-order valence-electron chi connectivity index (χ3n) is 3.58. The number of likely N-dealkylation sites (N-methyl/N-ethyl adjacent to an activating group) is 1. The quantitative estimate of drug-likeness (QED) is 0.737. The lowest BCUT2D eigenvalue weighted by molar-refractivity contribution is -0.141. The predicted molar refractivity (Wildman–Crippen MR) is 79.9 cm³/mol. The smallest absolute Gasteiger partial charge is 0.293 e. The number of carbonyl (C=O) groups is 3. The number of rotatable bonds is 6. The Morgan fingerprint density at radius 1 is 1.38 bits per heavy atom. The summed E-state index contributed by atoms with van der Waals surface area (Å²) in [6, 6.07) is -0.410. The van der Waals surface area contributed by atoms with Crippen molar-refractivity contribution in [2.75, 3.05) is 13.6 Å². The van der Waals surface area contributed by atoms with Crippen LogP contribution in [0.15, 0.2) is 11.9 Å². The summed E-state index contributed by atoms with van der Waals surface area (Å²) >= 11 is 0. The zero-order chi connectivity index (χ0) is 16.2. The van der Waals surface area contributed by atoms with Gasteiger partial charge in [0, 0.05) is 32.4 Å². The molecular weight excluding hydrogens is 270 g/mol. The molecular formula is C15H25N3O3. The second-order valence-corrected chi connectivity index (χ2v) is 5.95. The molecule has 6 heteroatoms. The summed E-state index contributed by atoms with van der Waals surface area (Å²) in [5.41, 5.74) is 6.23. The molecule has 118 valence electrons. The zero-order valence-corrected chi connectivity index (χ0v) is 13.3. The lowest BCUT2D eigenvalue weighted by Gasteiger charge is -2.27. The molecule has 0 aromatic carbocycles. The summed E-state index contributed by atoms with van der Waals surface area (Å²) in [7, 11) is 1.78. The number of Topliss-reactive ketones (excluding diaryl/α,β-unsaturated/α-hetero) is 1. The van der Waals surface area contributed by atoms with Crippen LogP contribution in [0.3, 0.4) is 0 Å². The molecule has 2 amide bonds. The van der Waals surface area contributed by atoms with Crippen LogP contribution in [0.1, 0.15) is 40.0 Å². The van der Waals surface area contributed by atoms with Crippen molar-refractivity contribution in [3.05, 3.63) is 11.9 Å². The maximum atomic E-state index is 11.8. The van der Waals surface area contributed by atoms with E-state index in [1.165, 1.54) is 11.8 Å². The van der Waals surface area contributed by atoms with Crippen LogP contribution < -0.4 is 5.73 Å². The Kier molecular flexibility index (Phi) is 5.93. The highest BCUT2D eigenvalue weighted by atomic mass is 16.2. The minimum atomic E-state index is -0.494. The highest BCUT2D eigenvalue weighted by molar-refractivity contribution is 6.35. The molecule has 0 aliphatic carbocycles. The average molecular weight is 295 g/mol. The van der Waals surface area contributed by atoms with E-state index >= 15 is 0 Å². The molecule has 1 atom stereocenters. The molecule has 1 aliphatic rings. The highest BCUT2D eigenvalue weighted by Crippen LogP contribution is 2.23. The van der Waals surface area contributed by atoms with Crippen molar-refractivity contribution >= 4 is 17.6 Å². The number of amides is 2. The monoisotopic (exact) mass is 295 g/mol. The van der Waals surface area contributed by atoms with Gasteiger partial charge in [-0.1, -0.05) is 13.8 Å². The first-order valence-electron chi connectivity index (χ1n) is 7.28. The molecule has 0 radical (unpaired) electrons. The van der Waals surface area contributed by atoms with Crippen molar-refractivity contribution in [2.45, 2.75) is 46.1 Å². The molecule has 0 saturated carbocycles. The van der Waals surface area contributed by atoms with Crippen molar-refractivity contribution in [3.8, 4) is 0 Å². The van der Waals surface area contributed by atoms with Crippen molar-refractivity contribution in [1.29, 1.82) is 0 Å². The van der Waals surface area contributed by atoms with Crippen LogP contribution in [0.4, 0.5) is 0 Å². The maximum Gasteiger partial charge on any atom is 0.293 e. The van der Waals surface area contributed by atoms with Gasteiger partial charge in [0.15, 0.2) is 0 Å². The van der Waals surface area contributed by atoms with E-state index in [0.717, 1.165) is 18.5 Å². The van der Waals surface area contributed by atoms with Gasteiger partial charge in [0.2, 0.25) is 11.7 Å². The van der Waals surface area contributed by atoms with Crippen LogP contribution in [0, 0.1) is 5.92 Å². The minimum absolute atomic E-state index is 0.335. The third-order valence-corrected chi connectivity index (χ3v) is 3.58. The minimum Gasteiger partial charge on any atom is -0.368 e. The summed E-state index contributed by atoms with van der Waals surface area (Å²) in [5, 5.41) is 0. The largest absolute Gasteiger partial charge is 0.368 e. The lowest BCUT2D eigenvalue weighted by atomic mass is 10.0. The predicted octanol–water partition coefficient (Wildman–Crippen LogP) is 0.871. The Morgan fingerprint density at radius 3 is 2.48 bits per heavy atom. The Bertz CT molecular complexity index is 457. The summed E-state index contributed by atoms with van der Waals surface area (Å²) in [4.78, 5) is 37.9. The lowest BCUT2D eigenvalue weighted by Crippen LogP contribution is -2.41. The Labute approximate surface area is 125 Å². The van der Waals surface area contributed by atoms with Gasteiger partial charge < -0.3 is 15.5 Å². The van der Waals surface area contributed by atoms with Crippen LogP contribution >= 0.6 is 0 Å².